The number of hydrogen-bond acceptors (Lipinski definition) is 4. The summed E-state index contributed by atoms with van der Waals surface area (Å²) in [5, 5.41) is 1.38. The summed E-state index contributed by atoms with van der Waals surface area (Å²) < 4.78 is 110. The molecule has 0 atom stereocenters. The van der Waals surface area contributed by atoms with Crippen LogP contribution in [0.2, 0.25) is 0 Å². The normalized spacial score (nSPS) is 15.0. The van der Waals surface area contributed by atoms with Gasteiger partial charge in [0.2, 0.25) is 0 Å². The summed E-state index contributed by atoms with van der Waals surface area (Å²) in [7, 11) is 0. The van der Waals surface area contributed by atoms with E-state index in [1.165, 1.54) is 11.1 Å². The van der Waals surface area contributed by atoms with E-state index < -0.39 is 55.2 Å². The number of aryl methyl sites for hydroxylation is 1. The van der Waals surface area contributed by atoms with E-state index in [4.69, 9.17) is 19.3 Å². The zero-order valence-electron chi connectivity index (χ0n) is 60.5. The minimum absolute atomic E-state index is 0.00475. The fourth-order valence-electron chi connectivity index (χ4n) is 12.1. The first-order valence-electron chi connectivity index (χ1n) is 34.8. The fourth-order valence-corrected chi connectivity index (χ4v) is 12.1. The van der Waals surface area contributed by atoms with Crippen LogP contribution in [0.15, 0.2) is 212 Å². The molecule has 9 aromatic carbocycles. The third-order valence-corrected chi connectivity index (χ3v) is 16.8. The number of nitrogens with zero attached hydrogens (tertiary/aromatic N) is 5. The van der Waals surface area contributed by atoms with Crippen molar-refractivity contribution in [2.45, 2.75) is 111 Å². The minimum Gasteiger partial charge on any atom is -0.489 e. The molecule has 0 saturated heterocycles. The van der Waals surface area contributed by atoms with Crippen molar-refractivity contribution in [2.75, 3.05) is 23.0 Å². The van der Waals surface area contributed by atoms with Gasteiger partial charge in [0.1, 0.15) is 18.2 Å². The second kappa shape index (κ2) is 21.4. The summed E-state index contributed by atoms with van der Waals surface area (Å²) >= 11 is 0. The highest BCUT2D eigenvalue weighted by atomic mass is 16.5. The largest absolute Gasteiger partial charge is 0.489 e. The Morgan fingerprint density at radius 1 is 0.524 bits per heavy atom. The predicted octanol–water partition coefficient (Wildman–Crippen LogP) is 20.3. The Balaban J connectivity index is 0.879. The summed E-state index contributed by atoms with van der Waals surface area (Å²) in [4.78, 5) is 9.69. The molecule has 0 amide bonds. The molecule has 0 radical (unpaired) electrons. The van der Waals surface area contributed by atoms with Gasteiger partial charge in [-0.25, -0.2) is 4.98 Å². The van der Waals surface area contributed by atoms with Gasteiger partial charge in [-0.3, -0.25) is 4.57 Å². The molecule has 0 aliphatic carbocycles. The van der Waals surface area contributed by atoms with Gasteiger partial charge in [0.15, 0.2) is 0 Å². The van der Waals surface area contributed by atoms with E-state index >= 15 is 0 Å². The molecule has 0 saturated carbocycles. The average Bonchev–Trinajstić information content (AvgIpc) is 1.54. The molecule has 4 heterocycles. The second-order valence-electron chi connectivity index (χ2n) is 25.6. The summed E-state index contributed by atoms with van der Waals surface area (Å²) in [6.07, 6.45) is 3.94. The Bertz CT molecular complexity index is 4940. The maximum Gasteiger partial charge on any atom is 0.137 e. The molecule has 84 heavy (non-hydrogen) atoms. The van der Waals surface area contributed by atoms with E-state index in [0.717, 1.165) is 79.8 Å². The number of aromatic nitrogens is 3. The lowest BCUT2D eigenvalue weighted by Crippen LogP contribution is -2.28. The maximum atomic E-state index is 9.51. The van der Waals surface area contributed by atoms with Crippen LogP contribution < -0.4 is 14.5 Å². The van der Waals surface area contributed by atoms with Gasteiger partial charge in [-0.2, -0.15) is 0 Å². The lowest BCUT2D eigenvalue weighted by atomic mass is 9.78. The van der Waals surface area contributed by atoms with Gasteiger partial charge in [-0.15, -0.1) is 0 Å². The zero-order chi connectivity index (χ0) is 67.5. The number of anilines is 3. The Labute approximate surface area is 512 Å². The highest BCUT2D eigenvalue weighted by Crippen LogP contribution is 2.46. The van der Waals surface area contributed by atoms with Gasteiger partial charge in [0.05, 0.1) is 56.8 Å². The van der Waals surface area contributed by atoms with Gasteiger partial charge in [0.25, 0.3) is 0 Å². The third-order valence-electron chi connectivity index (χ3n) is 16.8. The first-order chi connectivity index (χ1) is 45.0. The lowest BCUT2D eigenvalue weighted by molar-refractivity contribution is 0.306. The molecular weight excluding hydrogens is 1020 g/mol. The number of benzene rings is 9. The number of para-hydroxylation sites is 3. The van der Waals surface area contributed by atoms with Gasteiger partial charge in [-0.1, -0.05) is 202 Å². The smallest absolute Gasteiger partial charge is 0.137 e. The number of ether oxygens (including phenoxy) is 1. The number of pyridine rings is 1. The molecule has 420 valence electrons. The molecule has 12 aromatic rings. The molecule has 0 N–H and O–H groups in total. The summed E-state index contributed by atoms with van der Waals surface area (Å²) in [6, 6.07) is 49.8. The lowest BCUT2D eigenvalue weighted by Gasteiger charge is -2.27. The number of fused-ring (bicyclic) bond motifs is 7. The Morgan fingerprint density at radius 2 is 1.23 bits per heavy atom. The first-order valence-corrected chi connectivity index (χ1v) is 29.3. The maximum absolute atomic E-state index is 9.51. The van der Waals surface area contributed by atoms with Crippen LogP contribution in [0.3, 0.4) is 0 Å². The highest BCUT2D eigenvalue weighted by Gasteiger charge is 2.29. The average molecular weight is 1110 g/mol. The molecular formula is C78H77N5O. The second-order valence-corrected chi connectivity index (χ2v) is 25.6. The van der Waals surface area contributed by atoms with E-state index in [9.17, 15) is 5.48 Å². The van der Waals surface area contributed by atoms with E-state index in [0.29, 0.717) is 53.4 Å². The van der Waals surface area contributed by atoms with Crippen molar-refractivity contribution in [2.24, 2.45) is 0 Å². The molecule has 0 fully saturated rings. The molecule has 0 unspecified atom stereocenters. The van der Waals surface area contributed by atoms with Crippen molar-refractivity contribution in [3.63, 3.8) is 0 Å². The van der Waals surface area contributed by atoms with Crippen LogP contribution in [0.5, 0.6) is 5.75 Å². The van der Waals surface area contributed by atoms with Gasteiger partial charge in [0, 0.05) is 56.2 Å². The zero-order valence-corrected chi connectivity index (χ0v) is 49.5. The Hall–Kier alpha value is -8.87. The molecule has 0 bridgehead atoms. The molecule has 1 aliphatic rings. The molecule has 6 nitrogen and oxygen atoms in total. The van der Waals surface area contributed by atoms with Crippen LogP contribution in [-0.2, 0) is 29.3 Å². The summed E-state index contributed by atoms with van der Waals surface area (Å²) in [5.74, 6) is 1.01. The predicted molar refractivity (Wildman–Crippen MR) is 356 cm³/mol. The van der Waals surface area contributed by atoms with Crippen molar-refractivity contribution < 1.29 is 19.8 Å². The van der Waals surface area contributed by atoms with Crippen molar-refractivity contribution in [3.8, 4) is 39.5 Å². The van der Waals surface area contributed by atoms with Gasteiger partial charge in [-0.05, 0) is 153 Å². The molecule has 3 aromatic heterocycles. The third kappa shape index (κ3) is 10.2. The van der Waals surface area contributed by atoms with E-state index in [1.807, 2.05) is 60.7 Å². The van der Waals surface area contributed by atoms with Gasteiger partial charge >= 0.3 is 0 Å². The van der Waals surface area contributed by atoms with Gasteiger partial charge < -0.3 is 19.1 Å². The van der Waals surface area contributed by atoms with E-state index in [-0.39, 0.29) is 44.7 Å². The molecule has 13 rings (SSSR count). The molecule has 6 heteroatoms. The standard InChI is InChI=1S/C78H77N5O/c1-52-24-22-33-63(56-43-58(77(5,6)7)46-59(44-56)78(8,9)10)62(52)29-20-21-41-80-51-81(70-38-37-55(45-71(70)80)54-26-12-11-13-27-54)60-28-23-25-53(42-60)50-84-61-48-72(82-67-34-17-14-30-64(67)65-31-15-18-35-68(65)82)75-66-32-16-19-36-69(66)83(73(75)49-61)74-47-57(39-40-79-74)76(2,3)4/h11-19,22-28,30-40,42-49H,20-21,29,41,50-51H2,1-10H3/i1D3,14D,15D,17D,18D,30D,31D,34D,35D. The first kappa shape index (κ1) is 42.9. The van der Waals surface area contributed by atoms with Crippen molar-refractivity contribution >= 4 is 60.7 Å². The van der Waals surface area contributed by atoms with Crippen molar-refractivity contribution in [3.05, 3.63) is 246 Å². The van der Waals surface area contributed by atoms with E-state index in [2.05, 4.69) is 162 Å². The fraction of sp³-hybridized carbons (Fsp3) is 0.244. The number of unbranched alkanes of at least 4 members (excludes halogenated alkanes) is 1. The van der Waals surface area contributed by atoms with Crippen LogP contribution >= 0.6 is 0 Å². The number of rotatable bonds is 13. The summed E-state index contributed by atoms with van der Waals surface area (Å²) in [5.41, 5.74) is 14.2. The van der Waals surface area contributed by atoms with Crippen LogP contribution in [-0.4, -0.2) is 27.3 Å². The Morgan fingerprint density at radius 3 is 1.95 bits per heavy atom. The van der Waals surface area contributed by atoms with Crippen molar-refractivity contribution in [1.29, 1.82) is 0 Å². The highest BCUT2D eigenvalue weighted by molar-refractivity contribution is 6.16. The summed E-state index contributed by atoms with van der Waals surface area (Å²) in [6.45, 7) is 18.8. The Kier molecular flexibility index (Phi) is 10.9. The monoisotopic (exact) mass is 1110 g/mol. The molecule has 1 aliphatic heterocycles. The minimum atomic E-state index is -2.30. The SMILES string of the molecule is [2H]c1c([2H])c([2H])c2c(c1[2H])c1c([2H])c([2H])c([2H])c([2H])c1n2-c1cc(OCc2cccc(N3CN(CCCCc4c(-c5cc(C(C)(C)C)cc(C(C)(C)C)c5)cccc4C([2H])([2H])[2H])c4cc(-c5ccccc5)ccc43)c2)cc2c1c1ccccc1n2-c1cc(C(C)(C)C)ccn1. The quantitative estimate of drug-likeness (QED) is 0.108. The van der Waals surface area contributed by atoms with Crippen LogP contribution in [0, 0.1) is 6.85 Å². The topological polar surface area (TPSA) is 38.5 Å². The van der Waals surface area contributed by atoms with Crippen molar-refractivity contribution in [1.82, 2.24) is 14.1 Å². The van der Waals surface area contributed by atoms with Crippen LogP contribution in [0.25, 0.3) is 77.4 Å². The van der Waals surface area contributed by atoms with Crippen LogP contribution in [0.4, 0.5) is 17.1 Å². The molecule has 0 spiro atoms. The number of hydrogen-bond donors (Lipinski definition) is 0. The van der Waals surface area contributed by atoms with Crippen LogP contribution in [0.1, 0.15) is 124 Å². The van der Waals surface area contributed by atoms with E-state index in [1.54, 1.807) is 22.9 Å².